The van der Waals surface area contributed by atoms with E-state index >= 15 is 0 Å². The molecule has 0 bridgehead atoms. The second-order valence-corrected chi connectivity index (χ2v) is 8.77. The van der Waals surface area contributed by atoms with E-state index < -0.39 is 16.6 Å². The van der Waals surface area contributed by atoms with Crippen molar-refractivity contribution in [2.75, 3.05) is 50.0 Å². The largest absolute Gasteiger partial charge is 0.495 e. The van der Waals surface area contributed by atoms with Crippen molar-refractivity contribution in [1.82, 2.24) is 4.90 Å². The Morgan fingerprint density at radius 3 is 2.37 bits per heavy atom. The van der Waals surface area contributed by atoms with Crippen LogP contribution in [0.1, 0.15) is 5.56 Å². The predicted molar refractivity (Wildman–Crippen MR) is 111 cm³/mol. The summed E-state index contributed by atoms with van der Waals surface area (Å²) in [6.07, 6.45) is 0. The highest BCUT2D eigenvalue weighted by Gasteiger charge is 2.22. The molecule has 10 heteroatoms. The van der Waals surface area contributed by atoms with E-state index in [1.807, 2.05) is 7.05 Å². The summed E-state index contributed by atoms with van der Waals surface area (Å²) in [5.74, 6) is 0.500. The van der Waals surface area contributed by atoms with Crippen LogP contribution in [0.15, 0.2) is 41.3 Å². The molecule has 30 heavy (non-hydrogen) atoms. The fourth-order valence-corrected chi connectivity index (χ4v) is 4.30. The second-order valence-electron chi connectivity index (χ2n) is 7.09. The second kappa shape index (κ2) is 9.05. The lowest BCUT2D eigenvalue weighted by Crippen LogP contribution is -2.44. The van der Waals surface area contributed by atoms with Gasteiger partial charge in [0.2, 0.25) is 0 Å². The van der Waals surface area contributed by atoms with Crippen molar-refractivity contribution in [3.63, 3.8) is 0 Å². The Labute approximate surface area is 175 Å². The van der Waals surface area contributed by atoms with Gasteiger partial charge < -0.3 is 19.3 Å². The zero-order valence-corrected chi connectivity index (χ0v) is 17.9. The van der Waals surface area contributed by atoms with E-state index in [1.54, 1.807) is 19.1 Å². The first-order chi connectivity index (χ1) is 14.2. The molecule has 1 heterocycles. The highest BCUT2D eigenvalue weighted by molar-refractivity contribution is 7.92. The van der Waals surface area contributed by atoms with Crippen molar-refractivity contribution in [3.8, 4) is 11.5 Å². The maximum atomic E-state index is 12.9. The topological polar surface area (TPSA) is 71.1 Å². The summed E-state index contributed by atoms with van der Waals surface area (Å²) >= 11 is 0. The maximum absolute atomic E-state index is 12.9. The number of nitrogens with zero attached hydrogens (tertiary/aromatic N) is 2. The van der Waals surface area contributed by atoms with Crippen LogP contribution in [0.25, 0.3) is 0 Å². The van der Waals surface area contributed by atoms with Crippen LogP contribution in [0.3, 0.4) is 0 Å². The average molecular weight is 442 g/mol. The molecule has 0 atom stereocenters. The lowest BCUT2D eigenvalue weighted by Gasteiger charge is -2.34. The third kappa shape index (κ3) is 5.11. The van der Waals surface area contributed by atoms with E-state index in [0.29, 0.717) is 17.0 Å². The van der Waals surface area contributed by atoms with Crippen LogP contribution in [0, 0.1) is 6.92 Å². The van der Waals surface area contributed by atoms with Crippen LogP contribution < -0.4 is 19.1 Å². The zero-order valence-electron chi connectivity index (χ0n) is 17.1. The first-order valence-corrected chi connectivity index (χ1v) is 10.9. The van der Waals surface area contributed by atoms with E-state index in [1.165, 1.54) is 31.4 Å². The average Bonchev–Trinajstić information content (AvgIpc) is 2.70. The first-order valence-electron chi connectivity index (χ1n) is 9.39. The molecule has 164 valence electrons. The molecule has 0 amide bonds. The summed E-state index contributed by atoms with van der Waals surface area (Å²) in [7, 11) is -0.379. The lowest BCUT2D eigenvalue weighted by molar-refractivity contribution is -0.0502. The molecule has 2 aromatic rings. The van der Waals surface area contributed by atoms with Gasteiger partial charge in [0.25, 0.3) is 10.0 Å². The van der Waals surface area contributed by atoms with Crippen molar-refractivity contribution < 1.29 is 26.7 Å². The number of ether oxygens (including phenoxy) is 2. The van der Waals surface area contributed by atoms with Gasteiger partial charge in [0.05, 0.1) is 23.4 Å². The minimum atomic E-state index is -3.95. The molecule has 1 aliphatic rings. The third-order valence-corrected chi connectivity index (χ3v) is 6.34. The van der Waals surface area contributed by atoms with Gasteiger partial charge in [0.15, 0.2) is 0 Å². The number of halogens is 2. The van der Waals surface area contributed by atoms with Crippen LogP contribution in [0.2, 0.25) is 0 Å². The quantitative estimate of drug-likeness (QED) is 0.712. The van der Waals surface area contributed by atoms with E-state index in [4.69, 9.17) is 4.74 Å². The third-order valence-electron chi connectivity index (χ3n) is 4.96. The summed E-state index contributed by atoms with van der Waals surface area (Å²) in [5, 5.41) is 0. The SMILES string of the molecule is COc1ccc(S(=O)(=O)Nc2ccc(C)c(OC(F)F)c2)cc1N1CCN(C)CC1. The Kier molecular flexibility index (Phi) is 6.67. The molecule has 3 rings (SSSR count). The van der Waals surface area contributed by atoms with Gasteiger partial charge in [-0.25, -0.2) is 8.42 Å². The summed E-state index contributed by atoms with van der Waals surface area (Å²) < 4.78 is 63.3. The molecule has 7 nitrogen and oxygen atoms in total. The minimum absolute atomic E-state index is 0.0501. The monoisotopic (exact) mass is 441 g/mol. The van der Waals surface area contributed by atoms with Crippen molar-refractivity contribution in [3.05, 3.63) is 42.0 Å². The molecular formula is C20H25F2N3O4S. The Morgan fingerprint density at radius 2 is 1.73 bits per heavy atom. The number of hydrogen-bond acceptors (Lipinski definition) is 6. The number of rotatable bonds is 7. The van der Waals surface area contributed by atoms with E-state index in [9.17, 15) is 17.2 Å². The molecular weight excluding hydrogens is 416 g/mol. The molecule has 1 aliphatic heterocycles. The number of alkyl halides is 2. The fourth-order valence-electron chi connectivity index (χ4n) is 3.23. The summed E-state index contributed by atoms with van der Waals surface area (Å²) in [5.41, 5.74) is 1.30. The molecule has 0 spiro atoms. The maximum Gasteiger partial charge on any atom is 0.387 e. The summed E-state index contributed by atoms with van der Waals surface area (Å²) in [6, 6.07) is 8.88. The van der Waals surface area contributed by atoms with Gasteiger partial charge in [-0.1, -0.05) is 6.07 Å². The van der Waals surface area contributed by atoms with Gasteiger partial charge >= 0.3 is 6.61 Å². The Morgan fingerprint density at radius 1 is 1.03 bits per heavy atom. The number of benzene rings is 2. The number of likely N-dealkylation sites (N-methyl/N-ethyl adjacent to an activating group) is 1. The molecule has 0 radical (unpaired) electrons. The molecule has 0 saturated carbocycles. The van der Waals surface area contributed by atoms with E-state index in [2.05, 4.69) is 19.3 Å². The van der Waals surface area contributed by atoms with Crippen molar-refractivity contribution in [1.29, 1.82) is 0 Å². The standard InChI is InChI=1S/C20H25F2N3O4S/c1-14-4-5-15(12-19(14)29-20(21)22)23-30(26,27)16-6-7-18(28-3)17(13-16)25-10-8-24(2)9-11-25/h4-7,12-13,20,23H,8-11H2,1-3H3. The smallest absolute Gasteiger partial charge is 0.387 e. The number of nitrogens with one attached hydrogen (secondary N) is 1. The molecule has 2 aromatic carbocycles. The van der Waals surface area contributed by atoms with Crippen LogP contribution in [-0.2, 0) is 10.0 Å². The minimum Gasteiger partial charge on any atom is -0.495 e. The number of aryl methyl sites for hydroxylation is 1. The molecule has 1 fully saturated rings. The number of hydrogen-bond donors (Lipinski definition) is 1. The van der Waals surface area contributed by atoms with E-state index in [-0.39, 0.29) is 16.3 Å². The van der Waals surface area contributed by atoms with Gasteiger partial charge in [-0.15, -0.1) is 0 Å². The Bertz CT molecular complexity index is 994. The van der Waals surface area contributed by atoms with Gasteiger partial charge in [0, 0.05) is 32.2 Å². The van der Waals surface area contributed by atoms with E-state index in [0.717, 1.165) is 26.2 Å². The number of anilines is 2. The summed E-state index contributed by atoms with van der Waals surface area (Å²) in [4.78, 5) is 4.33. The number of piperazine rings is 1. The van der Waals surface area contributed by atoms with Crippen LogP contribution >= 0.6 is 0 Å². The van der Waals surface area contributed by atoms with Crippen LogP contribution in [-0.4, -0.2) is 60.3 Å². The van der Waals surface area contributed by atoms with Gasteiger partial charge in [-0.3, -0.25) is 4.72 Å². The van der Waals surface area contributed by atoms with Crippen molar-refractivity contribution >= 4 is 21.4 Å². The van der Waals surface area contributed by atoms with Gasteiger partial charge in [-0.2, -0.15) is 8.78 Å². The molecule has 0 aliphatic carbocycles. The van der Waals surface area contributed by atoms with Crippen molar-refractivity contribution in [2.45, 2.75) is 18.4 Å². The first kappa shape index (κ1) is 22.1. The van der Waals surface area contributed by atoms with Gasteiger partial charge in [-0.05, 0) is 43.8 Å². The Hall–Kier alpha value is -2.59. The van der Waals surface area contributed by atoms with Gasteiger partial charge in [0.1, 0.15) is 11.5 Å². The fraction of sp³-hybridized carbons (Fsp3) is 0.400. The molecule has 1 N–H and O–H groups in total. The number of sulfonamides is 1. The van der Waals surface area contributed by atoms with Crippen molar-refractivity contribution in [2.24, 2.45) is 0 Å². The predicted octanol–water partition coefficient (Wildman–Crippen LogP) is 3.16. The van der Waals surface area contributed by atoms with Crippen LogP contribution in [0.5, 0.6) is 11.5 Å². The number of methoxy groups -OCH3 is 1. The molecule has 0 unspecified atom stereocenters. The Balaban J connectivity index is 1.88. The zero-order chi connectivity index (χ0) is 21.9. The highest BCUT2D eigenvalue weighted by Crippen LogP contribution is 2.33. The lowest BCUT2D eigenvalue weighted by atomic mass is 10.2. The normalized spacial score (nSPS) is 15.3. The summed E-state index contributed by atoms with van der Waals surface area (Å²) in [6.45, 7) is 1.81. The molecule has 0 aromatic heterocycles. The highest BCUT2D eigenvalue weighted by atomic mass is 32.2. The molecule has 1 saturated heterocycles. The van der Waals surface area contributed by atoms with Crippen LogP contribution in [0.4, 0.5) is 20.2 Å².